The van der Waals surface area contributed by atoms with E-state index in [4.69, 9.17) is 16.7 Å². The van der Waals surface area contributed by atoms with Crippen LogP contribution in [0.3, 0.4) is 0 Å². The molecule has 0 fully saturated rings. The lowest BCUT2D eigenvalue weighted by Gasteiger charge is -2.07. The molecule has 2 aromatic carbocycles. The summed E-state index contributed by atoms with van der Waals surface area (Å²) in [5.74, 6) is -1.50. The molecule has 5 nitrogen and oxygen atoms in total. The first kappa shape index (κ1) is 17.1. The number of aromatic nitrogens is 2. The first-order valence-electron chi connectivity index (χ1n) is 7.43. The third kappa shape index (κ3) is 3.70. The molecule has 0 radical (unpaired) electrons. The molecule has 7 heteroatoms. The van der Waals surface area contributed by atoms with Gasteiger partial charge < -0.3 is 10.2 Å². The molecule has 0 atom stereocenters. The highest BCUT2D eigenvalue weighted by molar-refractivity contribution is 6.31. The number of aliphatic carboxylic acids is 1. The number of aliphatic hydroxyl groups is 1. The van der Waals surface area contributed by atoms with Gasteiger partial charge >= 0.3 is 5.97 Å². The topological polar surface area (TPSA) is 75.3 Å². The molecule has 0 amide bonds. The van der Waals surface area contributed by atoms with Crippen molar-refractivity contribution in [3.63, 3.8) is 0 Å². The van der Waals surface area contributed by atoms with Crippen LogP contribution in [0.1, 0.15) is 16.8 Å². The first-order chi connectivity index (χ1) is 12.0. The standard InChI is InChI=1S/C18H14ClFN2O3/c19-15-8-13(20)3-2-12(15)9-22-17-7-11(10-23)1-4-14(17)16(21-22)5-6-18(24)25/h1-8,23H,9-10H2,(H,24,25)/b6-5+. The number of carboxylic acid groups (broad SMARTS) is 1. The van der Waals surface area contributed by atoms with Gasteiger partial charge in [0.25, 0.3) is 0 Å². The molecule has 25 heavy (non-hydrogen) atoms. The number of aliphatic hydroxyl groups excluding tert-OH is 1. The van der Waals surface area contributed by atoms with E-state index in [-0.39, 0.29) is 18.2 Å². The van der Waals surface area contributed by atoms with Gasteiger partial charge in [0.2, 0.25) is 0 Å². The first-order valence-corrected chi connectivity index (χ1v) is 7.81. The molecule has 0 saturated carbocycles. The van der Waals surface area contributed by atoms with E-state index >= 15 is 0 Å². The van der Waals surface area contributed by atoms with Crippen LogP contribution >= 0.6 is 11.6 Å². The molecule has 0 spiro atoms. The van der Waals surface area contributed by atoms with Crippen molar-refractivity contribution >= 4 is 34.5 Å². The molecular weight excluding hydrogens is 347 g/mol. The van der Waals surface area contributed by atoms with E-state index in [1.54, 1.807) is 28.9 Å². The Morgan fingerprint density at radius 3 is 2.76 bits per heavy atom. The number of benzene rings is 2. The molecular formula is C18H14ClFN2O3. The van der Waals surface area contributed by atoms with Gasteiger partial charge in [0, 0.05) is 16.5 Å². The molecule has 0 aliphatic rings. The number of carboxylic acids is 1. The highest BCUT2D eigenvalue weighted by atomic mass is 35.5. The Balaban J connectivity index is 2.10. The van der Waals surface area contributed by atoms with Crippen molar-refractivity contribution < 1.29 is 19.4 Å². The number of hydrogen-bond donors (Lipinski definition) is 2. The van der Waals surface area contributed by atoms with Crippen LogP contribution in [0.15, 0.2) is 42.5 Å². The third-order valence-corrected chi connectivity index (χ3v) is 4.10. The molecule has 0 bridgehead atoms. The van der Waals surface area contributed by atoms with Crippen molar-refractivity contribution in [2.24, 2.45) is 0 Å². The summed E-state index contributed by atoms with van der Waals surface area (Å²) in [4.78, 5) is 10.8. The van der Waals surface area contributed by atoms with Crippen LogP contribution in [0.4, 0.5) is 4.39 Å². The number of fused-ring (bicyclic) bond motifs is 1. The average Bonchev–Trinajstić information content (AvgIpc) is 2.92. The smallest absolute Gasteiger partial charge is 0.328 e. The zero-order chi connectivity index (χ0) is 18.0. The van der Waals surface area contributed by atoms with E-state index in [9.17, 15) is 14.3 Å². The predicted octanol–water partition coefficient (Wildman–Crippen LogP) is 3.47. The second-order valence-corrected chi connectivity index (χ2v) is 5.87. The highest BCUT2D eigenvalue weighted by Crippen LogP contribution is 2.25. The van der Waals surface area contributed by atoms with Crippen molar-refractivity contribution in [2.75, 3.05) is 0 Å². The maximum Gasteiger partial charge on any atom is 0.328 e. The Morgan fingerprint density at radius 2 is 2.08 bits per heavy atom. The SMILES string of the molecule is O=C(O)/C=C/c1nn(Cc2ccc(F)cc2Cl)c2cc(CO)ccc12. The lowest BCUT2D eigenvalue weighted by molar-refractivity contribution is -0.131. The fraction of sp³-hybridized carbons (Fsp3) is 0.111. The van der Waals surface area contributed by atoms with Crippen molar-refractivity contribution in [3.8, 4) is 0 Å². The number of halogens is 2. The lowest BCUT2D eigenvalue weighted by atomic mass is 10.1. The van der Waals surface area contributed by atoms with E-state index in [1.165, 1.54) is 18.2 Å². The zero-order valence-electron chi connectivity index (χ0n) is 13.0. The van der Waals surface area contributed by atoms with Gasteiger partial charge in [0.15, 0.2) is 0 Å². The molecule has 3 rings (SSSR count). The fourth-order valence-corrected chi connectivity index (χ4v) is 2.78. The maximum absolute atomic E-state index is 13.2. The van der Waals surface area contributed by atoms with Gasteiger partial charge in [0.05, 0.1) is 24.4 Å². The highest BCUT2D eigenvalue weighted by Gasteiger charge is 2.12. The summed E-state index contributed by atoms with van der Waals surface area (Å²) in [7, 11) is 0. The van der Waals surface area contributed by atoms with Crippen LogP contribution < -0.4 is 0 Å². The third-order valence-electron chi connectivity index (χ3n) is 3.75. The van der Waals surface area contributed by atoms with Crippen molar-refractivity contribution in [2.45, 2.75) is 13.2 Å². The summed E-state index contributed by atoms with van der Waals surface area (Å²) in [6.45, 7) is 0.157. The van der Waals surface area contributed by atoms with Crippen LogP contribution in [0, 0.1) is 5.82 Å². The molecule has 0 unspecified atom stereocenters. The molecule has 1 heterocycles. The quantitative estimate of drug-likeness (QED) is 0.683. The Kier molecular flexibility index (Phi) is 4.83. The minimum atomic E-state index is -1.07. The second-order valence-electron chi connectivity index (χ2n) is 5.46. The van der Waals surface area contributed by atoms with Crippen molar-refractivity contribution in [1.29, 1.82) is 0 Å². The minimum absolute atomic E-state index is 0.126. The Morgan fingerprint density at radius 1 is 1.28 bits per heavy atom. The second kappa shape index (κ2) is 7.04. The Bertz CT molecular complexity index is 982. The van der Waals surface area contributed by atoms with Gasteiger partial charge in [-0.3, -0.25) is 4.68 Å². The molecule has 128 valence electrons. The van der Waals surface area contributed by atoms with Crippen LogP contribution in [-0.4, -0.2) is 26.0 Å². The normalized spacial score (nSPS) is 11.5. The Hall–Kier alpha value is -2.70. The van der Waals surface area contributed by atoms with Gasteiger partial charge in [-0.15, -0.1) is 0 Å². The molecule has 0 aliphatic carbocycles. The average molecular weight is 361 g/mol. The molecule has 1 aromatic heterocycles. The van der Waals surface area contributed by atoms with E-state index < -0.39 is 11.8 Å². The number of nitrogens with zero attached hydrogens (tertiary/aromatic N) is 2. The van der Waals surface area contributed by atoms with Crippen molar-refractivity contribution in [1.82, 2.24) is 9.78 Å². The summed E-state index contributed by atoms with van der Waals surface area (Å²) >= 11 is 6.09. The predicted molar refractivity (Wildman–Crippen MR) is 92.8 cm³/mol. The summed E-state index contributed by atoms with van der Waals surface area (Å²) in [5.41, 5.74) is 2.58. The van der Waals surface area contributed by atoms with E-state index in [1.807, 2.05) is 0 Å². The van der Waals surface area contributed by atoms with Gasteiger partial charge in [-0.25, -0.2) is 9.18 Å². The molecule has 3 aromatic rings. The zero-order valence-corrected chi connectivity index (χ0v) is 13.7. The van der Waals surface area contributed by atoms with Gasteiger partial charge in [-0.05, 0) is 35.4 Å². The van der Waals surface area contributed by atoms with Gasteiger partial charge in [-0.2, -0.15) is 5.10 Å². The van der Waals surface area contributed by atoms with Crippen molar-refractivity contribution in [3.05, 3.63) is 70.1 Å². The molecule has 0 aliphatic heterocycles. The lowest BCUT2D eigenvalue weighted by Crippen LogP contribution is -2.03. The molecule has 0 saturated heterocycles. The van der Waals surface area contributed by atoms with E-state index in [2.05, 4.69) is 5.10 Å². The molecule has 2 N–H and O–H groups in total. The summed E-state index contributed by atoms with van der Waals surface area (Å²) in [6, 6.07) is 9.42. The number of rotatable bonds is 5. The van der Waals surface area contributed by atoms with E-state index in [0.717, 1.165) is 17.0 Å². The van der Waals surface area contributed by atoms with E-state index in [0.29, 0.717) is 16.8 Å². The summed E-state index contributed by atoms with van der Waals surface area (Å²) < 4.78 is 14.9. The maximum atomic E-state index is 13.2. The summed E-state index contributed by atoms with van der Waals surface area (Å²) in [6.07, 6.45) is 2.42. The number of carbonyl (C=O) groups is 1. The monoisotopic (exact) mass is 360 g/mol. The number of hydrogen-bond acceptors (Lipinski definition) is 3. The van der Waals surface area contributed by atoms with Crippen LogP contribution in [-0.2, 0) is 17.9 Å². The van der Waals surface area contributed by atoms with Crippen LogP contribution in [0.2, 0.25) is 5.02 Å². The Labute approximate surface area is 147 Å². The van der Waals surface area contributed by atoms with Crippen LogP contribution in [0.25, 0.3) is 17.0 Å². The largest absolute Gasteiger partial charge is 0.478 e. The van der Waals surface area contributed by atoms with Gasteiger partial charge in [0.1, 0.15) is 5.82 Å². The van der Waals surface area contributed by atoms with Crippen LogP contribution in [0.5, 0.6) is 0 Å². The fourth-order valence-electron chi connectivity index (χ4n) is 2.55. The van der Waals surface area contributed by atoms with Gasteiger partial charge in [-0.1, -0.05) is 29.8 Å². The minimum Gasteiger partial charge on any atom is -0.478 e. The summed E-state index contributed by atoms with van der Waals surface area (Å²) in [5, 5.41) is 23.6.